The van der Waals surface area contributed by atoms with Gasteiger partial charge in [-0.3, -0.25) is 4.79 Å². The molecular formula is C25H18NO+. The molecule has 0 amide bonds. The van der Waals surface area contributed by atoms with E-state index in [2.05, 4.69) is 53.1 Å². The Balaban J connectivity index is 1.53. The molecule has 0 atom stereocenters. The molecule has 4 aromatic rings. The van der Waals surface area contributed by atoms with Crippen LogP contribution in [0.5, 0.6) is 0 Å². The Hall–Kier alpha value is -3.52. The minimum absolute atomic E-state index is 0.0619. The highest BCUT2D eigenvalue weighted by Crippen LogP contribution is 2.31. The van der Waals surface area contributed by atoms with Crippen LogP contribution in [0.4, 0.5) is 0 Å². The molecule has 2 nitrogen and oxygen atoms in total. The highest BCUT2D eigenvalue weighted by molar-refractivity contribution is 6.08. The lowest BCUT2D eigenvalue weighted by molar-refractivity contribution is -0.672. The summed E-state index contributed by atoms with van der Waals surface area (Å²) in [5.41, 5.74) is 7.57. The van der Waals surface area contributed by atoms with Crippen LogP contribution in [0.1, 0.15) is 21.5 Å². The number of aromatic nitrogens is 1. The van der Waals surface area contributed by atoms with E-state index in [9.17, 15) is 4.79 Å². The molecule has 0 fully saturated rings. The van der Waals surface area contributed by atoms with Crippen LogP contribution >= 0.6 is 0 Å². The Morgan fingerprint density at radius 3 is 2.22 bits per heavy atom. The maximum atomic E-state index is 12.7. The van der Waals surface area contributed by atoms with Crippen molar-refractivity contribution in [1.82, 2.24) is 0 Å². The molecule has 27 heavy (non-hydrogen) atoms. The Bertz CT molecular complexity index is 1150. The molecule has 0 saturated heterocycles. The zero-order valence-corrected chi connectivity index (χ0v) is 14.8. The second-order valence-electron chi connectivity index (χ2n) is 6.86. The van der Waals surface area contributed by atoms with E-state index in [4.69, 9.17) is 0 Å². The van der Waals surface area contributed by atoms with E-state index in [0.717, 1.165) is 23.4 Å². The smallest absolute Gasteiger partial charge is 0.213 e. The van der Waals surface area contributed by atoms with Crippen LogP contribution in [0, 0.1) is 0 Å². The monoisotopic (exact) mass is 348 g/mol. The van der Waals surface area contributed by atoms with Crippen molar-refractivity contribution in [2.75, 3.05) is 0 Å². The van der Waals surface area contributed by atoms with E-state index in [1.54, 1.807) is 0 Å². The van der Waals surface area contributed by atoms with Gasteiger partial charge in [-0.25, -0.2) is 0 Å². The third-order valence-electron chi connectivity index (χ3n) is 5.16. The Morgan fingerprint density at radius 1 is 0.704 bits per heavy atom. The molecule has 0 unspecified atom stereocenters. The van der Waals surface area contributed by atoms with Crippen LogP contribution in [-0.4, -0.2) is 5.78 Å². The predicted octanol–water partition coefficient (Wildman–Crippen LogP) is 4.90. The minimum atomic E-state index is 0.0619. The third-order valence-corrected chi connectivity index (χ3v) is 5.16. The first-order valence-electron chi connectivity index (χ1n) is 9.11. The number of nitrogens with zero attached hydrogens (tertiary/aromatic N) is 1. The van der Waals surface area contributed by atoms with Gasteiger partial charge in [0.25, 0.3) is 0 Å². The van der Waals surface area contributed by atoms with Gasteiger partial charge in [0.15, 0.2) is 18.5 Å². The van der Waals surface area contributed by atoms with Gasteiger partial charge in [0.05, 0.1) is 11.1 Å². The molecule has 0 spiro atoms. The second kappa shape index (κ2) is 6.33. The predicted molar refractivity (Wildman–Crippen MR) is 106 cm³/mol. The average Bonchev–Trinajstić information content (AvgIpc) is 3.11. The molecule has 0 bridgehead atoms. The number of pyridine rings is 1. The minimum Gasteiger partial charge on any atom is -0.288 e. The Morgan fingerprint density at radius 2 is 1.44 bits per heavy atom. The van der Waals surface area contributed by atoms with Gasteiger partial charge in [0.1, 0.15) is 0 Å². The van der Waals surface area contributed by atoms with E-state index in [1.807, 2.05) is 48.7 Å². The topological polar surface area (TPSA) is 20.9 Å². The highest BCUT2D eigenvalue weighted by Gasteiger charge is 2.27. The molecular weight excluding hydrogens is 330 g/mol. The first-order chi connectivity index (χ1) is 13.3. The summed E-state index contributed by atoms with van der Waals surface area (Å²) in [4.78, 5) is 12.7. The van der Waals surface area contributed by atoms with Gasteiger partial charge in [-0.05, 0) is 23.3 Å². The molecule has 3 aromatic carbocycles. The van der Waals surface area contributed by atoms with Crippen LogP contribution in [-0.2, 0) is 6.54 Å². The van der Waals surface area contributed by atoms with Crippen LogP contribution in [0.25, 0.3) is 22.4 Å². The molecule has 2 heteroatoms. The van der Waals surface area contributed by atoms with Crippen molar-refractivity contribution in [3.63, 3.8) is 0 Å². The molecule has 5 rings (SSSR count). The Labute approximate surface area is 158 Å². The summed E-state index contributed by atoms with van der Waals surface area (Å²) in [5.74, 6) is 0.0619. The average molecular weight is 348 g/mol. The van der Waals surface area contributed by atoms with Crippen molar-refractivity contribution in [3.8, 4) is 22.4 Å². The largest absolute Gasteiger partial charge is 0.288 e. The van der Waals surface area contributed by atoms with E-state index >= 15 is 0 Å². The van der Waals surface area contributed by atoms with Crippen LogP contribution < -0.4 is 4.57 Å². The molecule has 2 heterocycles. The number of carbonyl (C=O) groups excluding carboxylic acids is 1. The van der Waals surface area contributed by atoms with Crippen molar-refractivity contribution in [2.24, 2.45) is 0 Å². The van der Waals surface area contributed by atoms with E-state index in [0.29, 0.717) is 0 Å². The fourth-order valence-electron chi connectivity index (χ4n) is 3.76. The maximum absolute atomic E-state index is 12.7. The molecule has 1 aromatic heterocycles. The van der Waals surface area contributed by atoms with Crippen molar-refractivity contribution >= 4 is 5.78 Å². The van der Waals surface area contributed by atoms with Crippen LogP contribution in [0.15, 0.2) is 97.2 Å². The van der Waals surface area contributed by atoms with Gasteiger partial charge in [-0.15, -0.1) is 0 Å². The zero-order valence-electron chi connectivity index (χ0n) is 14.8. The van der Waals surface area contributed by atoms with E-state index in [-0.39, 0.29) is 5.78 Å². The molecule has 0 aliphatic carbocycles. The number of carbonyl (C=O) groups is 1. The maximum Gasteiger partial charge on any atom is 0.213 e. The van der Waals surface area contributed by atoms with Crippen molar-refractivity contribution in [3.05, 3.63) is 114 Å². The lowest BCUT2D eigenvalue weighted by Crippen LogP contribution is -2.33. The number of fused-ring (bicyclic) bond motifs is 3. The lowest BCUT2D eigenvalue weighted by Gasteiger charge is -2.03. The normalized spacial score (nSPS) is 11.7. The Kier molecular flexibility index (Phi) is 3.68. The standard InChI is InChI=1S/C25H18NO/c27-25(19-9-5-2-6-10-19)22-13-14-24-23-15-20(18-7-3-1-4-8-18)11-12-21(23)16-26(24)17-22/h1-15,17H,16H2/q+1. The molecule has 1 aliphatic heterocycles. The number of benzene rings is 3. The SMILES string of the molecule is O=C(c1ccccc1)c1ccc2[n+](c1)Cc1ccc(-c3ccccc3)cc1-2. The quantitative estimate of drug-likeness (QED) is 0.335. The first kappa shape index (κ1) is 15.7. The molecule has 0 radical (unpaired) electrons. The summed E-state index contributed by atoms with van der Waals surface area (Å²) in [6, 6.07) is 30.5. The van der Waals surface area contributed by atoms with Crippen molar-refractivity contribution in [1.29, 1.82) is 0 Å². The van der Waals surface area contributed by atoms with E-state index in [1.165, 1.54) is 22.3 Å². The van der Waals surface area contributed by atoms with Gasteiger partial charge in [-0.1, -0.05) is 72.8 Å². The van der Waals surface area contributed by atoms with Gasteiger partial charge in [-0.2, -0.15) is 4.57 Å². The van der Waals surface area contributed by atoms with Gasteiger partial charge in [0, 0.05) is 17.2 Å². The van der Waals surface area contributed by atoms with Gasteiger partial charge < -0.3 is 0 Å². The summed E-state index contributed by atoms with van der Waals surface area (Å²) in [6.45, 7) is 0.801. The highest BCUT2D eigenvalue weighted by atomic mass is 16.1. The number of rotatable bonds is 3. The fourth-order valence-corrected chi connectivity index (χ4v) is 3.76. The van der Waals surface area contributed by atoms with Crippen molar-refractivity contribution < 1.29 is 9.36 Å². The number of hydrogen-bond acceptors (Lipinski definition) is 1. The first-order valence-corrected chi connectivity index (χ1v) is 9.11. The zero-order chi connectivity index (χ0) is 18.2. The molecule has 0 N–H and O–H groups in total. The van der Waals surface area contributed by atoms with Crippen molar-refractivity contribution in [2.45, 2.75) is 6.54 Å². The summed E-state index contributed by atoms with van der Waals surface area (Å²) in [6.07, 6.45) is 1.98. The molecule has 128 valence electrons. The van der Waals surface area contributed by atoms with Gasteiger partial charge >= 0.3 is 0 Å². The fraction of sp³-hybridized carbons (Fsp3) is 0.0400. The van der Waals surface area contributed by atoms with Gasteiger partial charge in [0.2, 0.25) is 5.69 Å². The summed E-state index contributed by atoms with van der Waals surface area (Å²) in [7, 11) is 0. The number of hydrogen-bond donors (Lipinski definition) is 0. The van der Waals surface area contributed by atoms with Crippen LogP contribution in [0.2, 0.25) is 0 Å². The lowest BCUT2D eigenvalue weighted by atomic mass is 9.99. The summed E-state index contributed by atoms with van der Waals surface area (Å²) in [5, 5.41) is 0. The third kappa shape index (κ3) is 2.76. The summed E-state index contributed by atoms with van der Waals surface area (Å²) < 4.78 is 2.18. The van der Waals surface area contributed by atoms with E-state index < -0.39 is 0 Å². The summed E-state index contributed by atoms with van der Waals surface area (Å²) >= 11 is 0. The second-order valence-corrected chi connectivity index (χ2v) is 6.86. The molecule has 0 saturated carbocycles. The number of ketones is 1. The van der Waals surface area contributed by atoms with Crippen LogP contribution in [0.3, 0.4) is 0 Å². The molecule has 1 aliphatic rings.